The number of hydrogen-bond donors (Lipinski definition) is 1. The normalized spacial score (nSPS) is 31.2. The van der Waals surface area contributed by atoms with Gasteiger partial charge in [0.2, 0.25) is 0 Å². The summed E-state index contributed by atoms with van der Waals surface area (Å²) < 4.78 is 1.79. The largest absolute Gasteiger partial charge is 0.382 e. The molecule has 90 valence electrons. The van der Waals surface area contributed by atoms with Gasteiger partial charge in [0.05, 0.1) is 16.9 Å². The van der Waals surface area contributed by atoms with Gasteiger partial charge in [0.1, 0.15) is 5.60 Å². The fourth-order valence-corrected chi connectivity index (χ4v) is 2.83. The number of aliphatic hydroxyl groups is 1. The van der Waals surface area contributed by atoms with E-state index in [1.165, 1.54) is 0 Å². The average Bonchev–Trinajstić information content (AvgIpc) is 2.69. The molecule has 1 aromatic heterocycles. The topological polar surface area (TPSA) is 41.3 Å². The molecule has 0 aromatic carbocycles. The van der Waals surface area contributed by atoms with Gasteiger partial charge in [0.25, 0.3) is 0 Å². The molecule has 16 heavy (non-hydrogen) atoms. The van der Waals surface area contributed by atoms with Crippen LogP contribution >= 0.6 is 11.6 Å². The fraction of sp³-hybridized carbons (Fsp3) is 0.727. The van der Waals surface area contributed by atoms with E-state index >= 15 is 0 Å². The van der Waals surface area contributed by atoms with Gasteiger partial charge >= 0.3 is 0 Å². The third-order valence-electron chi connectivity index (χ3n) is 3.43. The molecule has 1 aliphatic rings. The van der Waals surface area contributed by atoms with Crippen LogP contribution in [0.15, 0.2) is 6.20 Å². The Balaban J connectivity index is 2.40. The van der Waals surface area contributed by atoms with Crippen LogP contribution in [-0.4, -0.2) is 39.4 Å². The van der Waals surface area contributed by atoms with E-state index in [4.69, 9.17) is 11.6 Å². The molecule has 0 spiro atoms. The molecule has 2 heterocycles. The summed E-state index contributed by atoms with van der Waals surface area (Å²) in [5.41, 5.74) is -0.106. The molecule has 0 radical (unpaired) electrons. The zero-order valence-corrected chi connectivity index (χ0v) is 10.7. The minimum atomic E-state index is -0.863. The summed E-state index contributed by atoms with van der Waals surface area (Å²) >= 11 is 6.13. The van der Waals surface area contributed by atoms with E-state index in [2.05, 4.69) is 16.9 Å². The van der Waals surface area contributed by atoms with Crippen LogP contribution in [0.25, 0.3) is 0 Å². The zero-order chi connectivity index (χ0) is 11.9. The molecule has 4 nitrogen and oxygen atoms in total. The van der Waals surface area contributed by atoms with Crippen LogP contribution in [0, 0.1) is 0 Å². The maximum Gasteiger partial charge on any atom is 0.122 e. The highest BCUT2D eigenvalue weighted by Gasteiger charge is 2.43. The number of aromatic nitrogens is 2. The molecule has 0 amide bonds. The number of aryl methyl sites for hydroxylation is 1. The van der Waals surface area contributed by atoms with Crippen molar-refractivity contribution in [2.75, 3.05) is 13.6 Å². The van der Waals surface area contributed by atoms with Gasteiger partial charge in [0.15, 0.2) is 0 Å². The number of hydrogen-bond acceptors (Lipinski definition) is 3. The van der Waals surface area contributed by atoms with E-state index in [1.54, 1.807) is 10.9 Å². The molecule has 5 heteroatoms. The Morgan fingerprint density at radius 1 is 1.69 bits per heavy atom. The third kappa shape index (κ3) is 1.75. The van der Waals surface area contributed by atoms with Gasteiger partial charge in [-0.1, -0.05) is 11.6 Å². The van der Waals surface area contributed by atoms with Crippen LogP contribution in [0.2, 0.25) is 5.02 Å². The fourth-order valence-electron chi connectivity index (χ4n) is 2.51. The Kier molecular flexibility index (Phi) is 2.99. The first-order chi connectivity index (χ1) is 7.48. The van der Waals surface area contributed by atoms with Crippen molar-refractivity contribution in [2.24, 2.45) is 0 Å². The van der Waals surface area contributed by atoms with Crippen LogP contribution < -0.4 is 0 Å². The molecule has 1 aromatic rings. The average molecular weight is 244 g/mol. The molecule has 2 unspecified atom stereocenters. The molecule has 0 saturated carbocycles. The van der Waals surface area contributed by atoms with Gasteiger partial charge < -0.3 is 10.0 Å². The number of nitrogens with zero attached hydrogens (tertiary/aromatic N) is 3. The van der Waals surface area contributed by atoms with Crippen LogP contribution in [0.1, 0.15) is 26.0 Å². The highest BCUT2D eigenvalue weighted by Crippen LogP contribution is 2.38. The summed E-state index contributed by atoms with van der Waals surface area (Å²) in [5.74, 6) is 0. The van der Waals surface area contributed by atoms with Crippen LogP contribution in [-0.2, 0) is 12.1 Å². The van der Waals surface area contributed by atoms with E-state index in [1.807, 2.05) is 14.0 Å². The van der Waals surface area contributed by atoms with Gasteiger partial charge in [-0.25, -0.2) is 0 Å². The second-order valence-electron chi connectivity index (χ2n) is 4.66. The summed E-state index contributed by atoms with van der Waals surface area (Å²) in [6.07, 6.45) is 2.32. The summed E-state index contributed by atoms with van der Waals surface area (Å²) in [4.78, 5) is 2.14. The van der Waals surface area contributed by atoms with Crippen molar-refractivity contribution >= 4 is 11.6 Å². The number of rotatable bonds is 2. The smallest absolute Gasteiger partial charge is 0.122 e. The molecule has 1 saturated heterocycles. The molecule has 1 N–H and O–H groups in total. The predicted molar refractivity (Wildman–Crippen MR) is 63.5 cm³/mol. The molecular weight excluding hydrogens is 226 g/mol. The van der Waals surface area contributed by atoms with Crippen LogP contribution in [0.3, 0.4) is 0 Å². The van der Waals surface area contributed by atoms with E-state index in [0.29, 0.717) is 24.0 Å². The van der Waals surface area contributed by atoms with Crippen molar-refractivity contribution in [3.8, 4) is 0 Å². The highest BCUT2D eigenvalue weighted by atomic mass is 35.5. The van der Waals surface area contributed by atoms with Crippen molar-refractivity contribution in [2.45, 2.75) is 38.5 Å². The quantitative estimate of drug-likeness (QED) is 0.855. The Morgan fingerprint density at radius 3 is 2.88 bits per heavy atom. The van der Waals surface area contributed by atoms with Crippen LogP contribution in [0.5, 0.6) is 0 Å². The Bertz CT molecular complexity index is 381. The maximum absolute atomic E-state index is 10.7. The first kappa shape index (κ1) is 11.9. The van der Waals surface area contributed by atoms with Crippen molar-refractivity contribution < 1.29 is 5.11 Å². The standard InChI is InChI=1S/C11H18ClN3O/c1-4-15-10(9(12)6-13-15)11(16)5-8(2)14(3)7-11/h6,8,16H,4-5,7H2,1-3H3. The molecule has 0 aliphatic carbocycles. The molecule has 1 fully saturated rings. The summed E-state index contributed by atoms with van der Waals surface area (Å²) in [7, 11) is 2.02. The minimum absolute atomic E-state index is 0.362. The molecule has 1 aliphatic heterocycles. The Labute approximate surface area is 101 Å². The van der Waals surface area contributed by atoms with Gasteiger partial charge in [-0.3, -0.25) is 4.68 Å². The SMILES string of the molecule is CCn1ncc(Cl)c1C1(O)CC(C)N(C)C1. The number of β-amino-alcohol motifs (C(OH)–C–C–N with tert-alkyl or cyclic N) is 1. The molecular formula is C11H18ClN3O. The van der Waals surface area contributed by atoms with E-state index in [-0.39, 0.29) is 0 Å². The lowest BCUT2D eigenvalue weighted by Gasteiger charge is -2.23. The van der Waals surface area contributed by atoms with E-state index < -0.39 is 5.60 Å². The summed E-state index contributed by atoms with van der Waals surface area (Å²) in [5, 5.41) is 15.4. The zero-order valence-electron chi connectivity index (χ0n) is 9.94. The van der Waals surface area contributed by atoms with Crippen LogP contribution in [0.4, 0.5) is 0 Å². The first-order valence-electron chi connectivity index (χ1n) is 5.62. The predicted octanol–water partition coefficient (Wildman–Crippen LogP) is 1.47. The number of halogens is 1. The van der Waals surface area contributed by atoms with E-state index in [0.717, 1.165) is 12.2 Å². The third-order valence-corrected chi connectivity index (χ3v) is 3.71. The van der Waals surface area contributed by atoms with Gasteiger partial charge in [0, 0.05) is 19.1 Å². The second kappa shape index (κ2) is 4.02. The monoisotopic (exact) mass is 243 g/mol. The lowest BCUT2D eigenvalue weighted by atomic mass is 9.96. The molecule has 2 rings (SSSR count). The second-order valence-corrected chi connectivity index (χ2v) is 5.06. The Morgan fingerprint density at radius 2 is 2.38 bits per heavy atom. The van der Waals surface area contributed by atoms with Crippen molar-refractivity contribution in [1.29, 1.82) is 0 Å². The van der Waals surface area contributed by atoms with Crippen molar-refractivity contribution in [3.05, 3.63) is 16.9 Å². The molecule has 2 atom stereocenters. The van der Waals surface area contributed by atoms with Gasteiger partial charge in [-0.05, 0) is 27.3 Å². The Hall–Kier alpha value is -0.580. The maximum atomic E-state index is 10.7. The van der Waals surface area contributed by atoms with E-state index in [9.17, 15) is 5.11 Å². The number of likely N-dealkylation sites (N-methyl/N-ethyl adjacent to an activating group) is 1. The van der Waals surface area contributed by atoms with Crippen molar-refractivity contribution in [3.63, 3.8) is 0 Å². The minimum Gasteiger partial charge on any atom is -0.382 e. The lowest BCUT2D eigenvalue weighted by Crippen LogP contribution is -2.32. The van der Waals surface area contributed by atoms with Crippen molar-refractivity contribution in [1.82, 2.24) is 14.7 Å². The number of likely N-dealkylation sites (tertiary alicyclic amines) is 1. The highest BCUT2D eigenvalue weighted by molar-refractivity contribution is 6.31. The molecule has 0 bridgehead atoms. The van der Waals surface area contributed by atoms with Gasteiger partial charge in [-0.15, -0.1) is 0 Å². The summed E-state index contributed by atoms with van der Waals surface area (Å²) in [6, 6.07) is 0.362. The lowest BCUT2D eigenvalue weighted by molar-refractivity contribution is 0.0394. The first-order valence-corrected chi connectivity index (χ1v) is 6.00. The summed E-state index contributed by atoms with van der Waals surface area (Å²) in [6.45, 7) is 5.44. The van der Waals surface area contributed by atoms with Gasteiger partial charge in [-0.2, -0.15) is 5.10 Å².